The van der Waals surface area contributed by atoms with Gasteiger partial charge in [-0.15, -0.1) is 11.3 Å². The molecule has 2 aromatic heterocycles. The standard InChI is InChI=1S/C8H8N2OS/c1-11-5-8-10-6-4-9-3-2-7(6)12-8/h2-4H,5H2,1H3. The Morgan fingerprint density at radius 1 is 1.58 bits per heavy atom. The second kappa shape index (κ2) is 3.16. The molecule has 0 unspecified atom stereocenters. The van der Waals surface area contributed by atoms with Crippen LogP contribution in [0.2, 0.25) is 0 Å². The van der Waals surface area contributed by atoms with E-state index in [-0.39, 0.29) is 0 Å². The van der Waals surface area contributed by atoms with Crippen molar-refractivity contribution >= 4 is 21.6 Å². The second-order valence-corrected chi connectivity index (χ2v) is 3.50. The van der Waals surface area contributed by atoms with Crippen LogP contribution in [0.3, 0.4) is 0 Å². The first-order chi connectivity index (χ1) is 5.90. The fraction of sp³-hybridized carbons (Fsp3) is 0.250. The topological polar surface area (TPSA) is 35.0 Å². The van der Waals surface area contributed by atoms with Crippen LogP contribution in [0.1, 0.15) is 5.01 Å². The van der Waals surface area contributed by atoms with Gasteiger partial charge < -0.3 is 4.74 Å². The van der Waals surface area contributed by atoms with Crippen molar-refractivity contribution in [1.29, 1.82) is 0 Å². The number of pyridine rings is 1. The van der Waals surface area contributed by atoms with Crippen molar-refractivity contribution in [2.24, 2.45) is 0 Å². The van der Waals surface area contributed by atoms with Gasteiger partial charge in [-0.05, 0) is 6.07 Å². The quantitative estimate of drug-likeness (QED) is 0.707. The van der Waals surface area contributed by atoms with Gasteiger partial charge in [-0.1, -0.05) is 0 Å². The molecular weight excluding hydrogens is 172 g/mol. The molecule has 0 aromatic carbocycles. The summed E-state index contributed by atoms with van der Waals surface area (Å²) in [6.45, 7) is 0.583. The lowest BCUT2D eigenvalue weighted by atomic mass is 10.5. The molecule has 0 saturated heterocycles. The minimum Gasteiger partial charge on any atom is -0.378 e. The van der Waals surface area contributed by atoms with Crippen LogP contribution >= 0.6 is 11.3 Å². The average Bonchev–Trinajstić information content (AvgIpc) is 2.47. The fourth-order valence-electron chi connectivity index (χ4n) is 1.01. The number of hydrogen-bond donors (Lipinski definition) is 0. The summed E-state index contributed by atoms with van der Waals surface area (Å²) in [5.74, 6) is 0. The number of ether oxygens (including phenoxy) is 1. The van der Waals surface area contributed by atoms with Gasteiger partial charge in [0.05, 0.1) is 23.0 Å². The van der Waals surface area contributed by atoms with Crippen molar-refractivity contribution in [3.63, 3.8) is 0 Å². The van der Waals surface area contributed by atoms with Gasteiger partial charge in [-0.25, -0.2) is 4.98 Å². The first kappa shape index (κ1) is 7.64. The molecule has 0 aliphatic heterocycles. The third-order valence-electron chi connectivity index (χ3n) is 1.50. The monoisotopic (exact) mass is 180 g/mol. The lowest BCUT2D eigenvalue weighted by Crippen LogP contribution is -1.83. The fourth-order valence-corrected chi connectivity index (χ4v) is 1.92. The molecule has 0 radical (unpaired) electrons. The molecule has 0 bridgehead atoms. The Morgan fingerprint density at radius 3 is 3.25 bits per heavy atom. The van der Waals surface area contributed by atoms with E-state index in [2.05, 4.69) is 9.97 Å². The molecule has 0 fully saturated rings. The molecule has 0 aliphatic rings. The zero-order chi connectivity index (χ0) is 8.39. The van der Waals surface area contributed by atoms with E-state index in [0.29, 0.717) is 6.61 Å². The van der Waals surface area contributed by atoms with Crippen LogP contribution in [0.5, 0.6) is 0 Å². The van der Waals surface area contributed by atoms with Gasteiger partial charge in [0.15, 0.2) is 0 Å². The summed E-state index contributed by atoms with van der Waals surface area (Å²) >= 11 is 1.65. The van der Waals surface area contributed by atoms with Crippen molar-refractivity contribution in [2.75, 3.05) is 7.11 Å². The molecular formula is C8H8N2OS. The molecule has 0 aliphatic carbocycles. The lowest BCUT2D eigenvalue weighted by Gasteiger charge is -1.88. The number of methoxy groups -OCH3 is 1. The van der Waals surface area contributed by atoms with Gasteiger partial charge in [0.2, 0.25) is 0 Å². The number of fused-ring (bicyclic) bond motifs is 1. The van der Waals surface area contributed by atoms with E-state index in [4.69, 9.17) is 4.74 Å². The van der Waals surface area contributed by atoms with E-state index in [0.717, 1.165) is 15.2 Å². The molecule has 0 amide bonds. The van der Waals surface area contributed by atoms with Crippen molar-refractivity contribution in [3.8, 4) is 0 Å². The summed E-state index contributed by atoms with van der Waals surface area (Å²) in [7, 11) is 1.67. The zero-order valence-electron chi connectivity index (χ0n) is 6.65. The molecule has 62 valence electrons. The lowest BCUT2D eigenvalue weighted by molar-refractivity contribution is 0.184. The summed E-state index contributed by atoms with van der Waals surface area (Å²) in [5.41, 5.74) is 0.953. The second-order valence-electron chi connectivity index (χ2n) is 2.38. The van der Waals surface area contributed by atoms with Gasteiger partial charge in [0.1, 0.15) is 5.01 Å². The summed E-state index contributed by atoms with van der Waals surface area (Å²) in [5, 5.41) is 1.00. The smallest absolute Gasteiger partial charge is 0.120 e. The molecule has 4 heteroatoms. The average molecular weight is 180 g/mol. The van der Waals surface area contributed by atoms with E-state index in [1.165, 1.54) is 0 Å². The third-order valence-corrected chi connectivity index (χ3v) is 2.51. The Morgan fingerprint density at radius 2 is 2.50 bits per heavy atom. The summed E-state index contributed by atoms with van der Waals surface area (Å²) in [6, 6.07) is 1.96. The first-order valence-electron chi connectivity index (χ1n) is 3.58. The summed E-state index contributed by atoms with van der Waals surface area (Å²) < 4.78 is 6.15. The minimum absolute atomic E-state index is 0.583. The predicted octanol–water partition coefficient (Wildman–Crippen LogP) is 1.84. The van der Waals surface area contributed by atoms with Gasteiger partial charge in [-0.3, -0.25) is 4.98 Å². The number of aromatic nitrogens is 2. The minimum atomic E-state index is 0.583. The normalized spacial score (nSPS) is 10.8. The highest BCUT2D eigenvalue weighted by Crippen LogP contribution is 2.20. The van der Waals surface area contributed by atoms with Gasteiger partial charge >= 0.3 is 0 Å². The summed E-state index contributed by atoms with van der Waals surface area (Å²) in [6.07, 6.45) is 3.54. The number of hydrogen-bond acceptors (Lipinski definition) is 4. The highest BCUT2D eigenvalue weighted by Gasteiger charge is 2.01. The maximum atomic E-state index is 4.98. The molecule has 0 N–H and O–H groups in total. The molecule has 12 heavy (non-hydrogen) atoms. The Bertz CT molecular complexity index is 352. The van der Waals surface area contributed by atoms with Gasteiger partial charge in [0.25, 0.3) is 0 Å². The Labute approximate surface area is 74.0 Å². The molecule has 0 atom stereocenters. The first-order valence-corrected chi connectivity index (χ1v) is 4.40. The SMILES string of the molecule is COCc1nc2cnccc2s1. The number of rotatable bonds is 2. The predicted molar refractivity (Wildman–Crippen MR) is 48.1 cm³/mol. The van der Waals surface area contributed by atoms with Crippen molar-refractivity contribution < 1.29 is 4.74 Å². The van der Waals surface area contributed by atoms with E-state index in [1.54, 1.807) is 30.8 Å². The highest BCUT2D eigenvalue weighted by molar-refractivity contribution is 7.18. The Balaban J connectivity index is 2.47. The molecule has 2 rings (SSSR count). The van der Waals surface area contributed by atoms with Crippen molar-refractivity contribution in [3.05, 3.63) is 23.5 Å². The van der Waals surface area contributed by atoms with Crippen LogP contribution < -0.4 is 0 Å². The van der Waals surface area contributed by atoms with E-state index >= 15 is 0 Å². The molecule has 0 spiro atoms. The highest BCUT2D eigenvalue weighted by atomic mass is 32.1. The Kier molecular flexibility index (Phi) is 2.01. The Hall–Kier alpha value is -1.00. The van der Waals surface area contributed by atoms with Crippen LogP contribution in [0.15, 0.2) is 18.5 Å². The molecule has 2 aromatic rings. The third kappa shape index (κ3) is 1.31. The number of thiazole rings is 1. The van der Waals surface area contributed by atoms with Crippen LogP contribution in [0.4, 0.5) is 0 Å². The van der Waals surface area contributed by atoms with Crippen LogP contribution in [0, 0.1) is 0 Å². The van der Waals surface area contributed by atoms with E-state index in [9.17, 15) is 0 Å². The largest absolute Gasteiger partial charge is 0.378 e. The van der Waals surface area contributed by atoms with Crippen LogP contribution in [0.25, 0.3) is 10.2 Å². The zero-order valence-corrected chi connectivity index (χ0v) is 7.47. The number of nitrogens with zero attached hydrogens (tertiary/aromatic N) is 2. The van der Waals surface area contributed by atoms with Crippen molar-refractivity contribution in [1.82, 2.24) is 9.97 Å². The van der Waals surface area contributed by atoms with Crippen LogP contribution in [-0.2, 0) is 11.3 Å². The summed E-state index contributed by atoms with van der Waals surface area (Å²) in [4.78, 5) is 8.32. The molecule has 0 saturated carbocycles. The van der Waals surface area contributed by atoms with Crippen molar-refractivity contribution in [2.45, 2.75) is 6.61 Å². The van der Waals surface area contributed by atoms with E-state index < -0.39 is 0 Å². The maximum absolute atomic E-state index is 4.98. The van der Waals surface area contributed by atoms with E-state index in [1.807, 2.05) is 6.07 Å². The van der Waals surface area contributed by atoms with Gasteiger partial charge in [-0.2, -0.15) is 0 Å². The van der Waals surface area contributed by atoms with Crippen LogP contribution in [-0.4, -0.2) is 17.1 Å². The maximum Gasteiger partial charge on any atom is 0.120 e. The molecule has 3 nitrogen and oxygen atoms in total. The van der Waals surface area contributed by atoms with Gasteiger partial charge in [0, 0.05) is 13.3 Å². The molecule has 2 heterocycles.